The van der Waals surface area contributed by atoms with Gasteiger partial charge in [-0.25, -0.2) is 4.79 Å². The minimum Gasteiger partial charge on any atom is -0.404 e. The standard InChI is InChI=1S/C31H38N2O7Si/c1-29(2,3)41(22-12-6-4-7-13-22,23-14-8-5-9-15-23)37-21-30(20-34)26-25(38-31(39-26)17-10-11-18-31)27(40-30)33-19-16-24(35)32-28(33)36/h4-9,12-16,19,25-27,34H,10-11,17-18,20-21H2,1-3H3,(H,32,35,36)/t25-,26+,27-,30-/m1/s1. The number of aromatic amines is 1. The van der Waals surface area contributed by atoms with Gasteiger partial charge in [0.25, 0.3) is 13.9 Å². The average Bonchev–Trinajstić information content (AvgIpc) is 3.65. The number of ether oxygens (including phenoxy) is 3. The quantitative estimate of drug-likeness (QED) is 0.414. The zero-order valence-electron chi connectivity index (χ0n) is 23.7. The van der Waals surface area contributed by atoms with Crippen molar-refractivity contribution < 1.29 is 23.7 Å². The molecule has 1 spiro atoms. The van der Waals surface area contributed by atoms with Gasteiger partial charge in [0.1, 0.15) is 17.8 Å². The van der Waals surface area contributed by atoms with Gasteiger partial charge in [0, 0.05) is 25.1 Å². The Morgan fingerprint density at radius 3 is 2.10 bits per heavy atom. The smallest absolute Gasteiger partial charge is 0.330 e. The van der Waals surface area contributed by atoms with Gasteiger partial charge in [0.05, 0.1) is 13.2 Å². The second-order valence-corrected chi connectivity index (χ2v) is 16.7. The van der Waals surface area contributed by atoms with Crippen molar-refractivity contribution in [1.29, 1.82) is 0 Å². The van der Waals surface area contributed by atoms with Crippen molar-refractivity contribution in [3.63, 3.8) is 0 Å². The highest BCUT2D eigenvalue weighted by Crippen LogP contribution is 2.53. The molecule has 0 unspecified atom stereocenters. The van der Waals surface area contributed by atoms with Crippen molar-refractivity contribution in [2.24, 2.45) is 0 Å². The van der Waals surface area contributed by atoms with Crippen molar-refractivity contribution >= 4 is 18.7 Å². The lowest BCUT2D eigenvalue weighted by Crippen LogP contribution is -2.68. The topological polar surface area (TPSA) is 112 Å². The fraction of sp³-hybridized carbons (Fsp3) is 0.484. The predicted octanol–water partition coefficient (Wildman–Crippen LogP) is 2.43. The summed E-state index contributed by atoms with van der Waals surface area (Å²) >= 11 is 0. The minimum absolute atomic E-state index is 0.0198. The summed E-state index contributed by atoms with van der Waals surface area (Å²) < 4.78 is 28.3. The summed E-state index contributed by atoms with van der Waals surface area (Å²) in [5.74, 6) is -0.791. The predicted molar refractivity (Wildman–Crippen MR) is 156 cm³/mol. The van der Waals surface area contributed by atoms with Gasteiger partial charge in [-0.05, 0) is 28.3 Å². The van der Waals surface area contributed by atoms with Crippen molar-refractivity contribution in [3.05, 3.63) is 93.8 Å². The molecule has 3 fully saturated rings. The Hall–Kier alpha value is -2.86. The second-order valence-electron chi connectivity index (χ2n) is 12.4. The highest BCUT2D eigenvalue weighted by atomic mass is 28.4. The van der Waals surface area contributed by atoms with Crippen LogP contribution in [0.25, 0.3) is 0 Å². The van der Waals surface area contributed by atoms with E-state index in [1.54, 1.807) is 0 Å². The minimum atomic E-state index is -2.99. The number of aliphatic hydroxyl groups excluding tert-OH is 1. The van der Waals surface area contributed by atoms with Gasteiger partial charge >= 0.3 is 5.69 Å². The summed E-state index contributed by atoms with van der Waals surface area (Å²) in [6.45, 7) is 6.18. The third-order valence-corrected chi connectivity index (χ3v) is 13.8. The molecule has 0 radical (unpaired) electrons. The molecule has 3 heterocycles. The van der Waals surface area contributed by atoms with Crippen LogP contribution in [0.4, 0.5) is 0 Å². The first kappa shape index (κ1) is 28.3. The molecule has 1 aliphatic carbocycles. The van der Waals surface area contributed by atoms with Crippen molar-refractivity contribution in [1.82, 2.24) is 9.55 Å². The number of benzene rings is 2. The van der Waals surface area contributed by atoms with E-state index in [4.69, 9.17) is 18.6 Å². The lowest BCUT2D eigenvalue weighted by atomic mass is 9.97. The van der Waals surface area contributed by atoms with Gasteiger partial charge in [0.2, 0.25) is 0 Å². The average molecular weight is 579 g/mol. The molecule has 3 aliphatic rings. The summed E-state index contributed by atoms with van der Waals surface area (Å²) in [5.41, 5.74) is -2.43. The summed E-state index contributed by atoms with van der Waals surface area (Å²) in [4.78, 5) is 27.0. The molecule has 2 aliphatic heterocycles. The molecule has 0 amide bonds. The molecule has 6 rings (SSSR count). The van der Waals surface area contributed by atoms with E-state index in [2.05, 4.69) is 50.0 Å². The molecule has 2 saturated heterocycles. The number of rotatable bonds is 7. The van der Waals surface area contributed by atoms with Crippen molar-refractivity contribution in [2.45, 2.75) is 81.3 Å². The lowest BCUT2D eigenvalue weighted by Gasteiger charge is -2.45. The highest BCUT2D eigenvalue weighted by Gasteiger charge is 2.66. The Morgan fingerprint density at radius 1 is 0.951 bits per heavy atom. The van der Waals surface area contributed by atoms with Crippen LogP contribution in [0.5, 0.6) is 0 Å². The van der Waals surface area contributed by atoms with Crippen LogP contribution in [0.15, 0.2) is 82.5 Å². The number of hydrogen-bond acceptors (Lipinski definition) is 7. The third-order valence-electron chi connectivity index (χ3n) is 8.85. The molecule has 10 heteroatoms. The molecule has 1 saturated carbocycles. The van der Waals surface area contributed by atoms with Crippen LogP contribution in [-0.2, 0) is 18.6 Å². The monoisotopic (exact) mass is 578 g/mol. The Labute approximate surface area is 240 Å². The fourth-order valence-corrected chi connectivity index (χ4v) is 11.5. The number of aliphatic hydroxyl groups is 1. The summed E-state index contributed by atoms with van der Waals surface area (Å²) in [6, 6.07) is 21.8. The lowest BCUT2D eigenvalue weighted by molar-refractivity contribution is -0.244. The number of fused-ring (bicyclic) bond motifs is 1. The van der Waals surface area contributed by atoms with Crippen molar-refractivity contribution in [2.75, 3.05) is 13.2 Å². The maximum absolute atomic E-state index is 12.9. The largest absolute Gasteiger partial charge is 0.404 e. The van der Waals surface area contributed by atoms with E-state index in [1.807, 2.05) is 36.4 Å². The van der Waals surface area contributed by atoms with Gasteiger partial charge in [-0.2, -0.15) is 0 Å². The molecule has 9 nitrogen and oxygen atoms in total. The van der Waals surface area contributed by atoms with Gasteiger partial charge in [0.15, 0.2) is 12.0 Å². The Kier molecular flexibility index (Phi) is 7.20. The zero-order chi connectivity index (χ0) is 28.9. The van der Waals surface area contributed by atoms with E-state index in [0.717, 1.165) is 36.1 Å². The molecule has 0 bridgehead atoms. The summed E-state index contributed by atoms with van der Waals surface area (Å²) in [5, 5.41) is 13.0. The first-order chi connectivity index (χ1) is 19.6. The van der Waals surface area contributed by atoms with Crippen LogP contribution >= 0.6 is 0 Å². The molecule has 2 aromatic carbocycles. The maximum Gasteiger partial charge on any atom is 0.330 e. The maximum atomic E-state index is 12.9. The third kappa shape index (κ3) is 4.67. The molecule has 3 aromatic rings. The molecule has 2 N–H and O–H groups in total. The van der Waals surface area contributed by atoms with E-state index in [1.165, 1.54) is 16.8 Å². The molecule has 41 heavy (non-hydrogen) atoms. The molecule has 218 valence electrons. The summed E-state index contributed by atoms with van der Waals surface area (Å²) in [6.07, 6.45) is 2.51. The Morgan fingerprint density at radius 2 is 1.56 bits per heavy atom. The molecular weight excluding hydrogens is 540 g/mol. The zero-order valence-corrected chi connectivity index (χ0v) is 24.7. The number of nitrogens with zero attached hydrogens (tertiary/aromatic N) is 1. The molecule has 1 aromatic heterocycles. The van der Waals surface area contributed by atoms with Gasteiger partial charge in [-0.3, -0.25) is 14.3 Å². The van der Waals surface area contributed by atoms with Crippen LogP contribution in [0.3, 0.4) is 0 Å². The first-order valence-corrected chi connectivity index (χ1v) is 16.2. The highest BCUT2D eigenvalue weighted by molar-refractivity contribution is 6.99. The number of nitrogens with one attached hydrogen (secondary N) is 1. The van der Waals surface area contributed by atoms with Crippen LogP contribution in [0, 0.1) is 0 Å². The van der Waals surface area contributed by atoms with E-state index >= 15 is 0 Å². The first-order valence-electron chi connectivity index (χ1n) is 14.3. The van der Waals surface area contributed by atoms with Gasteiger partial charge < -0.3 is 23.7 Å². The normalized spacial score (nSPS) is 27.4. The SMILES string of the molecule is CC(C)(C)[Si](OC[C@@]1(CO)O[C@@H](n2ccc(=O)[nH]c2=O)[C@@H]2OC3(CCCC3)O[C@@H]21)(c1ccccc1)c1ccccc1. The van der Waals surface area contributed by atoms with Gasteiger partial charge in [-0.1, -0.05) is 81.4 Å². The van der Waals surface area contributed by atoms with E-state index in [-0.39, 0.29) is 11.6 Å². The molecule has 4 atom stereocenters. The fourth-order valence-electron chi connectivity index (χ4n) is 6.90. The molecular formula is C31H38N2O7Si. The number of aromatic nitrogens is 2. The van der Waals surface area contributed by atoms with E-state index in [9.17, 15) is 14.7 Å². The second kappa shape index (κ2) is 10.4. The number of H-pyrrole nitrogens is 1. The van der Waals surface area contributed by atoms with Crippen molar-refractivity contribution in [3.8, 4) is 0 Å². The van der Waals surface area contributed by atoms with Crippen LogP contribution in [-0.4, -0.2) is 59.8 Å². The van der Waals surface area contributed by atoms with Crippen LogP contribution < -0.4 is 21.6 Å². The van der Waals surface area contributed by atoms with Crippen LogP contribution in [0.1, 0.15) is 52.7 Å². The summed E-state index contributed by atoms with van der Waals surface area (Å²) in [7, 11) is -2.99. The van der Waals surface area contributed by atoms with Gasteiger partial charge in [-0.15, -0.1) is 0 Å². The van der Waals surface area contributed by atoms with E-state index < -0.39 is 56.0 Å². The van der Waals surface area contributed by atoms with Crippen LogP contribution in [0.2, 0.25) is 5.04 Å². The Bertz CT molecular complexity index is 1440. The number of hydrogen-bond donors (Lipinski definition) is 2. The Balaban J connectivity index is 1.44. The van der Waals surface area contributed by atoms with E-state index in [0.29, 0.717) is 0 Å².